The summed E-state index contributed by atoms with van der Waals surface area (Å²) in [6.45, 7) is 5.88. The fraction of sp³-hybridized carbons (Fsp3) is 0.867. The van der Waals surface area contributed by atoms with Gasteiger partial charge in [-0.15, -0.1) is 0 Å². The number of nitrogens with zero attached hydrogens (tertiary/aromatic N) is 2. The summed E-state index contributed by atoms with van der Waals surface area (Å²) in [5.41, 5.74) is 0. The lowest BCUT2D eigenvalue weighted by atomic mass is 9.81. The lowest BCUT2D eigenvalue weighted by Gasteiger charge is -2.44. The number of carbonyl (C=O) groups is 2. The van der Waals surface area contributed by atoms with Crippen LogP contribution in [0.5, 0.6) is 0 Å². The van der Waals surface area contributed by atoms with Crippen LogP contribution >= 0.6 is 0 Å². The van der Waals surface area contributed by atoms with Crippen LogP contribution in [0.1, 0.15) is 39.5 Å². The number of carbonyl (C=O) groups excluding carboxylic acids is 1. The summed E-state index contributed by atoms with van der Waals surface area (Å²) in [7, 11) is 2.11. The zero-order valence-electron chi connectivity index (χ0n) is 12.7. The first-order valence-corrected chi connectivity index (χ1v) is 7.63. The Kier molecular flexibility index (Phi) is 4.68. The van der Waals surface area contributed by atoms with Gasteiger partial charge in [-0.2, -0.15) is 0 Å². The van der Waals surface area contributed by atoms with E-state index in [4.69, 9.17) is 5.11 Å². The van der Waals surface area contributed by atoms with E-state index < -0.39 is 5.97 Å². The van der Waals surface area contributed by atoms with Crippen molar-refractivity contribution in [3.8, 4) is 0 Å². The summed E-state index contributed by atoms with van der Waals surface area (Å²) in [4.78, 5) is 27.8. The van der Waals surface area contributed by atoms with Crippen LogP contribution in [0.3, 0.4) is 0 Å². The van der Waals surface area contributed by atoms with Gasteiger partial charge in [-0.05, 0) is 46.6 Å². The Hall–Kier alpha value is -1.10. The third-order valence-corrected chi connectivity index (χ3v) is 5.10. The average molecular weight is 282 g/mol. The molecule has 1 heterocycles. The highest BCUT2D eigenvalue weighted by Crippen LogP contribution is 2.31. The molecular weight excluding hydrogens is 256 g/mol. The van der Waals surface area contributed by atoms with Crippen molar-refractivity contribution in [2.45, 2.75) is 51.6 Å². The molecule has 0 aromatic heterocycles. The first-order chi connectivity index (χ1) is 9.40. The van der Waals surface area contributed by atoms with Gasteiger partial charge in [-0.3, -0.25) is 14.5 Å². The number of carboxylic acid groups (broad SMARTS) is 1. The first-order valence-electron chi connectivity index (χ1n) is 7.63. The van der Waals surface area contributed by atoms with Crippen LogP contribution in [-0.4, -0.2) is 59.0 Å². The monoisotopic (exact) mass is 282 g/mol. The van der Waals surface area contributed by atoms with Crippen LogP contribution in [0.2, 0.25) is 0 Å². The van der Waals surface area contributed by atoms with Gasteiger partial charge in [0, 0.05) is 31.1 Å². The van der Waals surface area contributed by atoms with Gasteiger partial charge in [0.1, 0.15) is 0 Å². The maximum absolute atomic E-state index is 12.6. The second-order valence-corrected chi connectivity index (χ2v) is 6.49. The van der Waals surface area contributed by atoms with Crippen LogP contribution in [0.4, 0.5) is 0 Å². The predicted octanol–water partition coefficient (Wildman–Crippen LogP) is 1.43. The van der Waals surface area contributed by atoms with Crippen LogP contribution in [-0.2, 0) is 9.59 Å². The van der Waals surface area contributed by atoms with E-state index >= 15 is 0 Å². The maximum atomic E-state index is 12.6. The van der Waals surface area contributed by atoms with Crippen LogP contribution in [0, 0.1) is 11.8 Å². The molecule has 1 amide bonds. The van der Waals surface area contributed by atoms with Gasteiger partial charge in [0.2, 0.25) is 5.91 Å². The number of carboxylic acids is 1. The molecule has 2 aliphatic rings. The molecule has 114 valence electrons. The SMILES string of the molecule is CC1CN(C(=O)C2CCC(C(=O)O)CC2)CC(C)N1C. The molecule has 5 heteroatoms. The summed E-state index contributed by atoms with van der Waals surface area (Å²) < 4.78 is 0. The molecule has 1 saturated carbocycles. The number of piperazine rings is 1. The zero-order valence-corrected chi connectivity index (χ0v) is 12.7. The Morgan fingerprint density at radius 2 is 1.40 bits per heavy atom. The van der Waals surface area contributed by atoms with E-state index in [0.717, 1.165) is 25.9 Å². The summed E-state index contributed by atoms with van der Waals surface area (Å²) in [6.07, 6.45) is 2.74. The van der Waals surface area contributed by atoms with Crippen molar-refractivity contribution in [3.05, 3.63) is 0 Å². The molecule has 20 heavy (non-hydrogen) atoms. The summed E-state index contributed by atoms with van der Waals surface area (Å²) in [5.74, 6) is -0.684. The summed E-state index contributed by atoms with van der Waals surface area (Å²) >= 11 is 0. The molecule has 0 spiro atoms. The van der Waals surface area contributed by atoms with E-state index in [1.807, 2.05) is 4.90 Å². The Morgan fingerprint density at radius 3 is 1.85 bits per heavy atom. The molecule has 5 nitrogen and oxygen atoms in total. The highest BCUT2D eigenvalue weighted by atomic mass is 16.4. The summed E-state index contributed by atoms with van der Waals surface area (Å²) in [5, 5.41) is 9.01. The quantitative estimate of drug-likeness (QED) is 0.832. The van der Waals surface area contributed by atoms with Gasteiger partial charge in [-0.25, -0.2) is 0 Å². The minimum absolute atomic E-state index is 0.0356. The van der Waals surface area contributed by atoms with Crippen LogP contribution in [0.25, 0.3) is 0 Å². The second kappa shape index (κ2) is 6.12. The van der Waals surface area contributed by atoms with Crippen molar-refractivity contribution in [2.75, 3.05) is 20.1 Å². The molecule has 0 bridgehead atoms. The molecule has 0 radical (unpaired) electrons. The summed E-state index contributed by atoms with van der Waals surface area (Å²) in [6, 6.07) is 0.774. The Balaban J connectivity index is 1.91. The number of amides is 1. The minimum Gasteiger partial charge on any atom is -0.481 e. The number of rotatable bonds is 2. The standard InChI is InChI=1S/C15H26N2O3/c1-10-8-17(9-11(2)16(10)3)14(18)12-4-6-13(7-5-12)15(19)20/h10-13H,4-9H2,1-3H3,(H,19,20). The van der Waals surface area contributed by atoms with Crippen molar-refractivity contribution >= 4 is 11.9 Å². The number of likely N-dealkylation sites (N-methyl/N-ethyl adjacent to an activating group) is 1. The molecule has 0 aromatic rings. The van der Waals surface area contributed by atoms with Crippen molar-refractivity contribution in [1.82, 2.24) is 9.80 Å². The van der Waals surface area contributed by atoms with Crippen molar-refractivity contribution in [3.63, 3.8) is 0 Å². The molecule has 0 aromatic carbocycles. The fourth-order valence-corrected chi connectivity index (χ4v) is 3.43. The molecule has 2 rings (SSSR count). The van der Waals surface area contributed by atoms with Gasteiger partial charge in [0.05, 0.1) is 5.92 Å². The van der Waals surface area contributed by atoms with Crippen molar-refractivity contribution in [1.29, 1.82) is 0 Å². The topological polar surface area (TPSA) is 60.9 Å². The third kappa shape index (κ3) is 3.14. The molecule has 2 atom stereocenters. The normalized spacial score (nSPS) is 35.9. The number of hydrogen-bond donors (Lipinski definition) is 1. The van der Waals surface area contributed by atoms with E-state index in [2.05, 4.69) is 25.8 Å². The largest absolute Gasteiger partial charge is 0.481 e. The number of hydrogen-bond acceptors (Lipinski definition) is 3. The van der Waals surface area contributed by atoms with E-state index in [9.17, 15) is 9.59 Å². The van der Waals surface area contributed by atoms with Crippen LogP contribution < -0.4 is 0 Å². The molecule has 2 unspecified atom stereocenters. The van der Waals surface area contributed by atoms with Crippen molar-refractivity contribution < 1.29 is 14.7 Å². The molecule has 2 fully saturated rings. The minimum atomic E-state index is -0.710. The molecule has 1 saturated heterocycles. The van der Waals surface area contributed by atoms with Gasteiger partial charge < -0.3 is 10.0 Å². The molecular formula is C15H26N2O3. The predicted molar refractivity (Wildman–Crippen MR) is 76.4 cm³/mol. The highest BCUT2D eigenvalue weighted by molar-refractivity contribution is 5.79. The Labute approximate surface area is 120 Å². The molecule has 1 aliphatic heterocycles. The second-order valence-electron chi connectivity index (χ2n) is 6.49. The highest BCUT2D eigenvalue weighted by Gasteiger charge is 2.35. The lowest BCUT2D eigenvalue weighted by Crippen LogP contribution is -2.57. The van der Waals surface area contributed by atoms with E-state index in [0.29, 0.717) is 24.9 Å². The Bertz CT molecular complexity index is 365. The number of aliphatic carboxylic acids is 1. The fourth-order valence-electron chi connectivity index (χ4n) is 3.43. The van der Waals surface area contributed by atoms with Gasteiger partial charge >= 0.3 is 5.97 Å². The molecule has 1 N–H and O–H groups in total. The average Bonchev–Trinajstić information content (AvgIpc) is 2.43. The van der Waals surface area contributed by atoms with Crippen LogP contribution in [0.15, 0.2) is 0 Å². The maximum Gasteiger partial charge on any atom is 0.306 e. The smallest absolute Gasteiger partial charge is 0.306 e. The van der Waals surface area contributed by atoms with Gasteiger partial charge in [-0.1, -0.05) is 0 Å². The first kappa shape index (κ1) is 15.3. The van der Waals surface area contributed by atoms with Crippen molar-refractivity contribution in [2.24, 2.45) is 11.8 Å². The molecule has 1 aliphatic carbocycles. The van der Waals surface area contributed by atoms with Gasteiger partial charge in [0.15, 0.2) is 0 Å². The van der Waals surface area contributed by atoms with E-state index in [-0.39, 0.29) is 17.7 Å². The van der Waals surface area contributed by atoms with Gasteiger partial charge in [0.25, 0.3) is 0 Å². The van der Waals surface area contributed by atoms with E-state index in [1.54, 1.807) is 0 Å². The lowest BCUT2D eigenvalue weighted by molar-refractivity contribution is -0.147. The zero-order chi connectivity index (χ0) is 14.9. The van der Waals surface area contributed by atoms with E-state index in [1.165, 1.54) is 0 Å². The third-order valence-electron chi connectivity index (χ3n) is 5.10. The Morgan fingerprint density at radius 1 is 0.950 bits per heavy atom.